The van der Waals surface area contributed by atoms with Crippen molar-refractivity contribution in [1.82, 2.24) is 0 Å². The summed E-state index contributed by atoms with van der Waals surface area (Å²) in [5, 5.41) is 18.4. The molecule has 5 nitrogen and oxygen atoms in total. The van der Waals surface area contributed by atoms with Gasteiger partial charge >= 0.3 is 5.97 Å². The number of carbonyl (C=O) groups is 1. The average molecular weight is 304 g/mol. The second-order valence-corrected chi connectivity index (χ2v) is 4.46. The van der Waals surface area contributed by atoms with Crippen molar-refractivity contribution in [3.63, 3.8) is 0 Å². The second-order valence-electron chi connectivity index (χ2n) is 4.03. The molecule has 0 aliphatic heterocycles. The lowest BCUT2D eigenvalue weighted by Crippen LogP contribution is -1.98. The Balaban J connectivity index is 2.42. The average Bonchev–Trinajstić information content (AvgIpc) is 2.47. The van der Waals surface area contributed by atoms with Gasteiger partial charge in [-0.3, -0.25) is 0 Å². The van der Waals surface area contributed by atoms with Crippen LogP contribution in [0.15, 0.2) is 36.4 Å². The maximum Gasteiger partial charge on any atom is 0.335 e. The predicted octanol–water partition coefficient (Wildman–Crippen LogP) is 3.71. The molecule has 0 bridgehead atoms. The molecule has 106 valence electrons. The molecule has 0 radical (unpaired) electrons. The lowest BCUT2D eigenvalue weighted by atomic mass is 10.2. The Morgan fingerprint density at radius 3 is 2.57 bits per heavy atom. The van der Waals surface area contributed by atoms with E-state index in [0.717, 1.165) is 0 Å². The van der Waals surface area contributed by atoms with Crippen LogP contribution in [-0.4, -0.2) is 18.2 Å². The van der Waals surface area contributed by atoms with Crippen LogP contribution in [0.5, 0.6) is 17.2 Å². The molecule has 1 N–H and O–H groups in total. The highest BCUT2D eigenvalue weighted by Gasteiger charge is 2.13. The van der Waals surface area contributed by atoms with Crippen LogP contribution in [0.4, 0.5) is 0 Å². The van der Waals surface area contributed by atoms with E-state index in [1.54, 1.807) is 6.07 Å². The van der Waals surface area contributed by atoms with Crippen LogP contribution in [-0.2, 0) is 0 Å². The van der Waals surface area contributed by atoms with Gasteiger partial charge in [-0.1, -0.05) is 11.6 Å². The van der Waals surface area contributed by atoms with Crippen LogP contribution in [0, 0.1) is 11.3 Å². The molecule has 0 saturated heterocycles. The minimum absolute atomic E-state index is 0.0748. The zero-order chi connectivity index (χ0) is 15.4. The van der Waals surface area contributed by atoms with Gasteiger partial charge in [0, 0.05) is 11.1 Å². The SMILES string of the molecule is COc1cc(C(=O)O)ccc1Oc1cc(Cl)ccc1C#N. The van der Waals surface area contributed by atoms with Crippen molar-refractivity contribution in [3.05, 3.63) is 52.5 Å². The quantitative estimate of drug-likeness (QED) is 0.931. The molecule has 2 aromatic carbocycles. The Hall–Kier alpha value is -2.71. The van der Waals surface area contributed by atoms with E-state index in [2.05, 4.69) is 0 Å². The van der Waals surface area contributed by atoms with Gasteiger partial charge in [0.05, 0.1) is 18.2 Å². The molecule has 0 aromatic heterocycles. The minimum Gasteiger partial charge on any atom is -0.493 e. The van der Waals surface area contributed by atoms with E-state index in [0.29, 0.717) is 16.3 Å². The van der Waals surface area contributed by atoms with Gasteiger partial charge in [-0.25, -0.2) is 4.79 Å². The van der Waals surface area contributed by atoms with Crippen molar-refractivity contribution in [3.8, 4) is 23.3 Å². The summed E-state index contributed by atoms with van der Waals surface area (Å²) in [7, 11) is 1.40. The first-order valence-corrected chi connectivity index (χ1v) is 6.21. The van der Waals surface area contributed by atoms with E-state index in [-0.39, 0.29) is 17.1 Å². The molecule has 0 unspecified atom stereocenters. The molecule has 21 heavy (non-hydrogen) atoms. The molecule has 2 rings (SSSR count). The molecule has 0 aliphatic rings. The Morgan fingerprint density at radius 2 is 1.95 bits per heavy atom. The van der Waals surface area contributed by atoms with Crippen molar-refractivity contribution >= 4 is 17.6 Å². The van der Waals surface area contributed by atoms with E-state index in [1.807, 2.05) is 6.07 Å². The monoisotopic (exact) mass is 303 g/mol. The molecule has 0 aliphatic carbocycles. The summed E-state index contributed by atoms with van der Waals surface area (Å²) in [4.78, 5) is 10.9. The van der Waals surface area contributed by atoms with Crippen LogP contribution in [0.1, 0.15) is 15.9 Å². The summed E-state index contributed by atoms with van der Waals surface area (Å²) in [6.45, 7) is 0. The highest BCUT2D eigenvalue weighted by Crippen LogP contribution is 2.34. The lowest BCUT2D eigenvalue weighted by molar-refractivity contribution is 0.0696. The highest BCUT2D eigenvalue weighted by atomic mass is 35.5. The van der Waals surface area contributed by atoms with Gasteiger partial charge in [-0.2, -0.15) is 5.26 Å². The van der Waals surface area contributed by atoms with Crippen LogP contribution in [0.3, 0.4) is 0 Å². The van der Waals surface area contributed by atoms with Crippen LogP contribution < -0.4 is 9.47 Å². The molecule has 0 heterocycles. The standard InChI is InChI=1S/C15H10ClNO4/c1-20-14-6-9(15(18)19)3-5-12(14)21-13-7-11(16)4-2-10(13)8-17/h2-7H,1H3,(H,18,19). The third-order valence-corrected chi connectivity index (χ3v) is 2.93. The fraction of sp³-hybridized carbons (Fsp3) is 0.0667. The molecular formula is C15H10ClNO4. The number of hydrogen-bond acceptors (Lipinski definition) is 4. The summed E-state index contributed by atoms with van der Waals surface area (Å²) in [5.74, 6) is -0.258. The number of hydrogen-bond donors (Lipinski definition) is 1. The predicted molar refractivity (Wildman–Crippen MR) is 76.2 cm³/mol. The van der Waals surface area contributed by atoms with E-state index < -0.39 is 5.97 Å². The summed E-state index contributed by atoms with van der Waals surface area (Å²) in [6, 6.07) is 10.8. The Morgan fingerprint density at radius 1 is 1.19 bits per heavy atom. The molecule has 6 heteroatoms. The number of nitrogens with zero attached hydrogens (tertiary/aromatic N) is 1. The zero-order valence-electron chi connectivity index (χ0n) is 11.0. The molecule has 2 aromatic rings. The third kappa shape index (κ3) is 3.25. The third-order valence-electron chi connectivity index (χ3n) is 2.69. The second kappa shape index (κ2) is 6.16. The largest absolute Gasteiger partial charge is 0.493 e. The van der Waals surface area contributed by atoms with Crippen molar-refractivity contribution < 1.29 is 19.4 Å². The fourth-order valence-electron chi connectivity index (χ4n) is 1.68. The first-order chi connectivity index (χ1) is 10.0. The number of carboxylic acids is 1. The number of nitriles is 1. The van der Waals surface area contributed by atoms with Crippen molar-refractivity contribution in [2.75, 3.05) is 7.11 Å². The van der Waals surface area contributed by atoms with Crippen molar-refractivity contribution in [2.45, 2.75) is 0 Å². The summed E-state index contributed by atoms with van der Waals surface area (Å²) >= 11 is 5.88. The molecule has 0 atom stereocenters. The number of rotatable bonds is 4. The molecule has 0 fully saturated rings. The number of carboxylic acid groups (broad SMARTS) is 1. The van der Waals surface area contributed by atoms with Crippen LogP contribution >= 0.6 is 11.6 Å². The first-order valence-electron chi connectivity index (χ1n) is 5.84. The number of aromatic carboxylic acids is 1. The van der Waals surface area contributed by atoms with Gasteiger partial charge in [0.1, 0.15) is 11.8 Å². The van der Waals surface area contributed by atoms with Gasteiger partial charge in [-0.05, 0) is 30.3 Å². The van der Waals surface area contributed by atoms with E-state index in [1.165, 1.54) is 37.4 Å². The zero-order valence-corrected chi connectivity index (χ0v) is 11.7. The summed E-state index contributed by atoms with van der Waals surface area (Å²) in [5.41, 5.74) is 0.384. The molecule has 0 spiro atoms. The number of ether oxygens (including phenoxy) is 2. The summed E-state index contributed by atoms with van der Waals surface area (Å²) < 4.78 is 10.7. The first kappa shape index (κ1) is 14.7. The maximum absolute atomic E-state index is 10.9. The minimum atomic E-state index is -1.07. The normalized spacial score (nSPS) is 9.76. The highest BCUT2D eigenvalue weighted by molar-refractivity contribution is 6.30. The number of benzene rings is 2. The van der Waals surface area contributed by atoms with E-state index in [9.17, 15) is 4.79 Å². The topological polar surface area (TPSA) is 79.6 Å². The van der Waals surface area contributed by atoms with Crippen LogP contribution in [0.2, 0.25) is 5.02 Å². The van der Waals surface area contributed by atoms with Crippen molar-refractivity contribution in [2.24, 2.45) is 0 Å². The molecule has 0 saturated carbocycles. The van der Waals surface area contributed by atoms with Gasteiger partial charge in [0.15, 0.2) is 11.5 Å². The van der Waals surface area contributed by atoms with Crippen LogP contribution in [0.25, 0.3) is 0 Å². The van der Waals surface area contributed by atoms with Gasteiger partial charge < -0.3 is 14.6 Å². The Kier molecular flexibility index (Phi) is 4.31. The lowest BCUT2D eigenvalue weighted by Gasteiger charge is -2.12. The fourth-order valence-corrected chi connectivity index (χ4v) is 1.84. The van der Waals surface area contributed by atoms with E-state index in [4.69, 9.17) is 31.4 Å². The Labute approximate surface area is 125 Å². The van der Waals surface area contributed by atoms with Gasteiger partial charge in [-0.15, -0.1) is 0 Å². The Bertz CT molecular complexity index is 737. The van der Waals surface area contributed by atoms with E-state index >= 15 is 0 Å². The molecular weight excluding hydrogens is 294 g/mol. The number of methoxy groups -OCH3 is 1. The maximum atomic E-state index is 10.9. The van der Waals surface area contributed by atoms with Gasteiger partial charge in [0.25, 0.3) is 0 Å². The van der Waals surface area contributed by atoms with Gasteiger partial charge in [0.2, 0.25) is 0 Å². The smallest absolute Gasteiger partial charge is 0.335 e. The summed E-state index contributed by atoms with van der Waals surface area (Å²) in [6.07, 6.45) is 0. The molecule has 0 amide bonds. The van der Waals surface area contributed by atoms with Crippen molar-refractivity contribution in [1.29, 1.82) is 5.26 Å². The number of halogens is 1.